The number of carbonyl (C=O) groups excluding carboxylic acids is 2. The standard InChI is InChI=1S/C18H20BrN3O6/c1-3-26-15(23)13(21-25)8-18-9-14(16(24)27-4-2)22-28-17(18)20-12-6-5-10(19)7-11(12)18/h5-7,17,20,25H,3-4,8-9H2,1-2H3/b21-13+/t17-,18-/m1/s1. The highest BCUT2D eigenvalue weighted by Gasteiger charge is 2.54. The third kappa shape index (κ3) is 3.56. The molecule has 2 aliphatic heterocycles. The molecule has 2 heterocycles. The quantitative estimate of drug-likeness (QED) is 0.294. The van der Waals surface area contributed by atoms with Crippen LogP contribution in [0.3, 0.4) is 0 Å². The summed E-state index contributed by atoms with van der Waals surface area (Å²) in [5.74, 6) is -1.33. The van der Waals surface area contributed by atoms with Crippen LogP contribution in [-0.4, -0.2) is 48.0 Å². The number of rotatable bonds is 6. The summed E-state index contributed by atoms with van der Waals surface area (Å²) in [7, 11) is 0. The monoisotopic (exact) mass is 453 g/mol. The molecule has 9 nitrogen and oxygen atoms in total. The lowest BCUT2D eigenvalue weighted by molar-refractivity contribution is -0.136. The number of nitrogens with one attached hydrogen (secondary N) is 1. The zero-order chi connectivity index (χ0) is 20.3. The van der Waals surface area contributed by atoms with E-state index >= 15 is 0 Å². The predicted molar refractivity (Wildman–Crippen MR) is 103 cm³/mol. The summed E-state index contributed by atoms with van der Waals surface area (Å²) in [6.07, 6.45) is -0.561. The summed E-state index contributed by atoms with van der Waals surface area (Å²) in [4.78, 5) is 30.1. The lowest BCUT2D eigenvalue weighted by Crippen LogP contribution is -2.48. The Kier molecular flexibility index (Phi) is 5.87. The molecule has 0 radical (unpaired) electrons. The van der Waals surface area contributed by atoms with Gasteiger partial charge in [0.1, 0.15) is 0 Å². The number of fused-ring (bicyclic) bond motifs is 3. The Labute approximate surface area is 169 Å². The van der Waals surface area contributed by atoms with E-state index in [1.165, 1.54) is 0 Å². The fourth-order valence-electron chi connectivity index (χ4n) is 3.47. The van der Waals surface area contributed by atoms with Crippen LogP contribution in [0, 0.1) is 0 Å². The lowest BCUT2D eigenvalue weighted by Gasteiger charge is -2.36. The molecule has 2 aliphatic rings. The highest BCUT2D eigenvalue weighted by atomic mass is 79.9. The first-order chi connectivity index (χ1) is 13.4. The maximum absolute atomic E-state index is 12.3. The van der Waals surface area contributed by atoms with Crippen molar-refractivity contribution in [3.8, 4) is 0 Å². The van der Waals surface area contributed by atoms with E-state index in [-0.39, 0.29) is 37.5 Å². The predicted octanol–water partition coefficient (Wildman–Crippen LogP) is 2.56. The van der Waals surface area contributed by atoms with Crippen LogP contribution in [0.4, 0.5) is 5.69 Å². The number of hydrogen-bond donors (Lipinski definition) is 2. The summed E-state index contributed by atoms with van der Waals surface area (Å²) >= 11 is 3.45. The average Bonchev–Trinajstić information content (AvgIpc) is 2.99. The minimum Gasteiger partial charge on any atom is -0.461 e. The van der Waals surface area contributed by atoms with Crippen molar-refractivity contribution in [2.45, 2.75) is 38.3 Å². The summed E-state index contributed by atoms with van der Waals surface area (Å²) in [5.41, 5.74) is 0.574. The average molecular weight is 454 g/mol. The molecule has 2 N–H and O–H groups in total. The van der Waals surface area contributed by atoms with Gasteiger partial charge in [-0.05, 0) is 37.6 Å². The van der Waals surface area contributed by atoms with Gasteiger partial charge in [0.25, 0.3) is 0 Å². The number of halogens is 1. The van der Waals surface area contributed by atoms with Gasteiger partial charge in [0, 0.05) is 23.0 Å². The Hall–Kier alpha value is -2.62. The highest BCUT2D eigenvalue weighted by molar-refractivity contribution is 9.10. The van der Waals surface area contributed by atoms with Crippen molar-refractivity contribution < 1.29 is 29.1 Å². The number of anilines is 1. The fraction of sp³-hybridized carbons (Fsp3) is 0.444. The summed E-state index contributed by atoms with van der Waals surface area (Å²) < 4.78 is 10.8. The largest absolute Gasteiger partial charge is 0.461 e. The van der Waals surface area contributed by atoms with Crippen molar-refractivity contribution in [2.75, 3.05) is 18.5 Å². The van der Waals surface area contributed by atoms with E-state index < -0.39 is 23.6 Å². The fourth-order valence-corrected chi connectivity index (χ4v) is 3.83. The minimum atomic E-state index is -0.919. The minimum absolute atomic E-state index is 0.0259. The number of esters is 2. The van der Waals surface area contributed by atoms with Crippen LogP contribution in [0.25, 0.3) is 0 Å². The molecule has 1 aromatic carbocycles. The second-order valence-electron chi connectivity index (χ2n) is 6.36. The molecular weight excluding hydrogens is 434 g/mol. The molecule has 10 heteroatoms. The van der Waals surface area contributed by atoms with E-state index in [2.05, 4.69) is 31.6 Å². The van der Waals surface area contributed by atoms with Crippen molar-refractivity contribution in [3.63, 3.8) is 0 Å². The van der Waals surface area contributed by atoms with E-state index in [1.54, 1.807) is 13.8 Å². The molecule has 0 aromatic heterocycles. The van der Waals surface area contributed by atoms with Gasteiger partial charge in [-0.1, -0.05) is 26.2 Å². The van der Waals surface area contributed by atoms with Gasteiger partial charge in [-0.25, -0.2) is 9.59 Å². The molecule has 0 saturated carbocycles. The summed E-state index contributed by atoms with van der Waals surface area (Å²) in [6.45, 7) is 3.69. The maximum Gasteiger partial charge on any atom is 0.356 e. The Morgan fingerprint density at radius 2 is 2.14 bits per heavy atom. The van der Waals surface area contributed by atoms with Crippen molar-refractivity contribution >= 4 is 45.0 Å². The Morgan fingerprint density at radius 1 is 1.39 bits per heavy atom. The molecule has 2 atom stereocenters. The first-order valence-corrected chi connectivity index (χ1v) is 9.59. The topological polar surface area (TPSA) is 119 Å². The number of oxime groups is 2. The molecule has 0 saturated heterocycles. The van der Waals surface area contributed by atoms with Gasteiger partial charge < -0.3 is 24.8 Å². The molecule has 0 spiro atoms. The van der Waals surface area contributed by atoms with Gasteiger partial charge >= 0.3 is 11.9 Å². The van der Waals surface area contributed by atoms with Gasteiger partial charge in [-0.3, -0.25) is 0 Å². The van der Waals surface area contributed by atoms with E-state index in [1.807, 2.05) is 18.2 Å². The molecule has 0 unspecified atom stereocenters. The molecule has 28 heavy (non-hydrogen) atoms. The molecule has 1 aromatic rings. The van der Waals surface area contributed by atoms with Crippen molar-refractivity contribution in [2.24, 2.45) is 10.3 Å². The smallest absolute Gasteiger partial charge is 0.356 e. The summed E-state index contributed by atoms with van der Waals surface area (Å²) in [6, 6.07) is 5.59. The van der Waals surface area contributed by atoms with Crippen LogP contribution in [0.1, 0.15) is 32.3 Å². The Balaban J connectivity index is 2.04. The van der Waals surface area contributed by atoms with E-state index in [0.29, 0.717) is 0 Å². The number of benzene rings is 1. The molecule has 0 aliphatic carbocycles. The number of ether oxygens (including phenoxy) is 2. The van der Waals surface area contributed by atoms with Crippen molar-refractivity contribution in [1.29, 1.82) is 0 Å². The molecular formula is C18H20BrN3O6. The van der Waals surface area contributed by atoms with Crippen LogP contribution in [-0.2, 0) is 29.3 Å². The normalized spacial score (nSPS) is 22.9. The second-order valence-corrected chi connectivity index (χ2v) is 7.27. The number of hydrogen-bond acceptors (Lipinski definition) is 9. The maximum atomic E-state index is 12.3. The zero-order valence-electron chi connectivity index (χ0n) is 15.4. The van der Waals surface area contributed by atoms with Crippen LogP contribution in [0.2, 0.25) is 0 Å². The van der Waals surface area contributed by atoms with E-state index in [4.69, 9.17) is 14.3 Å². The number of nitrogens with zero attached hydrogens (tertiary/aromatic N) is 2. The van der Waals surface area contributed by atoms with Crippen LogP contribution in [0.5, 0.6) is 0 Å². The third-order valence-corrected chi connectivity index (χ3v) is 5.18. The third-order valence-electron chi connectivity index (χ3n) is 4.68. The molecule has 0 bridgehead atoms. The molecule has 0 fully saturated rings. The molecule has 3 rings (SSSR count). The Morgan fingerprint density at radius 3 is 2.82 bits per heavy atom. The Bertz CT molecular complexity index is 856. The van der Waals surface area contributed by atoms with E-state index in [9.17, 15) is 14.8 Å². The highest BCUT2D eigenvalue weighted by Crippen LogP contribution is 2.49. The van der Waals surface area contributed by atoms with Gasteiger partial charge in [0.2, 0.25) is 6.23 Å². The first kappa shape index (κ1) is 20.1. The van der Waals surface area contributed by atoms with Crippen LogP contribution >= 0.6 is 15.9 Å². The zero-order valence-corrected chi connectivity index (χ0v) is 17.0. The molecule has 150 valence electrons. The SMILES string of the molecule is CCOC(=O)C1=NO[C@H]2Nc3ccc(Br)cc3[C@@]2(C/C(=N\O)C(=O)OCC)C1. The van der Waals surface area contributed by atoms with Crippen molar-refractivity contribution in [3.05, 3.63) is 28.2 Å². The summed E-state index contributed by atoms with van der Waals surface area (Å²) in [5, 5.41) is 19.7. The van der Waals surface area contributed by atoms with Gasteiger partial charge in [0.15, 0.2) is 11.4 Å². The van der Waals surface area contributed by atoms with Gasteiger partial charge in [0.05, 0.1) is 18.6 Å². The van der Waals surface area contributed by atoms with E-state index in [0.717, 1.165) is 15.7 Å². The van der Waals surface area contributed by atoms with Gasteiger partial charge in [-0.15, -0.1) is 0 Å². The lowest BCUT2D eigenvalue weighted by atomic mass is 9.72. The van der Waals surface area contributed by atoms with Gasteiger partial charge in [-0.2, -0.15) is 0 Å². The first-order valence-electron chi connectivity index (χ1n) is 8.79. The van der Waals surface area contributed by atoms with Crippen LogP contribution < -0.4 is 5.32 Å². The number of carbonyl (C=O) groups is 2. The van der Waals surface area contributed by atoms with Crippen LogP contribution in [0.15, 0.2) is 33.0 Å². The second kappa shape index (κ2) is 8.17. The molecule has 0 amide bonds. The van der Waals surface area contributed by atoms with Crippen molar-refractivity contribution in [1.82, 2.24) is 0 Å².